The summed E-state index contributed by atoms with van der Waals surface area (Å²) in [6.45, 7) is 6.51. The van der Waals surface area contributed by atoms with Gasteiger partial charge in [0.2, 0.25) is 5.89 Å². The van der Waals surface area contributed by atoms with Gasteiger partial charge in [0.05, 0.1) is 24.5 Å². The maximum Gasteiger partial charge on any atom is 0.208 e. The van der Waals surface area contributed by atoms with Gasteiger partial charge in [-0.3, -0.25) is 5.32 Å². The summed E-state index contributed by atoms with van der Waals surface area (Å²) in [5.74, 6) is 2.51. The van der Waals surface area contributed by atoms with Crippen LogP contribution in [0.4, 0.5) is 0 Å². The van der Waals surface area contributed by atoms with Gasteiger partial charge in [-0.25, -0.2) is 4.98 Å². The van der Waals surface area contributed by atoms with Gasteiger partial charge in [0.25, 0.3) is 0 Å². The minimum Gasteiger partial charge on any atom is -0.468 e. The Balaban J connectivity index is 1.92. The first-order chi connectivity index (χ1) is 7.66. The van der Waals surface area contributed by atoms with E-state index in [4.69, 9.17) is 8.83 Å². The summed E-state index contributed by atoms with van der Waals surface area (Å²) in [6.07, 6.45) is 1.67. The van der Waals surface area contributed by atoms with Gasteiger partial charge in [-0.15, -0.1) is 0 Å². The van der Waals surface area contributed by atoms with Gasteiger partial charge in [0.1, 0.15) is 11.5 Å². The van der Waals surface area contributed by atoms with Gasteiger partial charge in [0.15, 0.2) is 0 Å². The molecule has 2 aromatic rings. The lowest BCUT2D eigenvalue weighted by Gasteiger charge is -2.08. The Hall–Kier alpha value is -1.55. The van der Waals surface area contributed by atoms with Crippen LogP contribution in [0.15, 0.2) is 27.2 Å². The van der Waals surface area contributed by atoms with Crippen molar-refractivity contribution in [3.05, 3.63) is 41.5 Å². The van der Waals surface area contributed by atoms with E-state index in [1.54, 1.807) is 6.26 Å². The first kappa shape index (κ1) is 11.0. The topological polar surface area (TPSA) is 51.2 Å². The molecule has 0 aliphatic rings. The van der Waals surface area contributed by atoms with Crippen molar-refractivity contribution in [2.45, 2.75) is 33.4 Å². The highest BCUT2D eigenvalue weighted by Gasteiger charge is 2.10. The van der Waals surface area contributed by atoms with Crippen LogP contribution in [-0.4, -0.2) is 4.98 Å². The quantitative estimate of drug-likeness (QED) is 0.860. The predicted octanol–water partition coefficient (Wildman–Crippen LogP) is 2.74. The normalized spacial score (nSPS) is 12.9. The zero-order chi connectivity index (χ0) is 11.5. The van der Waals surface area contributed by atoms with Crippen LogP contribution < -0.4 is 5.32 Å². The van der Waals surface area contributed by atoms with Crippen LogP contribution in [0, 0.1) is 13.8 Å². The van der Waals surface area contributed by atoms with Crippen LogP contribution in [0.5, 0.6) is 0 Å². The lowest BCUT2D eigenvalue weighted by molar-refractivity contribution is 0.395. The van der Waals surface area contributed by atoms with Crippen molar-refractivity contribution >= 4 is 0 Å². The minimum atomic E-state index is 0.155. The number of nitrogens with zero attached hydrogens (tertiary/aromatic N) is 1. The molecule has 0 radical (unpaired) electrons. The average molecular weight is 220 g/mol. The van der Waals surface area contributed by atoms with E-state index in [9.17, 15) is 0 Å². The number of nitrogens with one attached hydrogen (secondary N) is 1. The molecule has 4 heteroatoms. The fourth-order valence-corrected chi connectivity index (χ4v) is 1.49. The van der Waals surface area contributed by atoms with Crippen LogP contribution in [0.25, 0.3) is 0 Å². The third-order valence-electron chi connectivity index (χ3n) is 2.60. The van der Waals surface area contributed by atoms with E-state index in [0.717, 1.165) is 17.2 Å². The summed E-state index contributed by atoms with van der Waals surface area (Å²) in [6, 6.07) is 3.99. The first-order valence-corrected chi connectivity index (χ1v) is 5.36. The fraction of sp³-hybridized carbons (Fsp3) is 0.417. The molecule has 4 nitrogen and oxygen atoms in total. The van der Waals surface area contributed by atoms with Gasteiger partial charge in [-0.05, 0) is 32.9 Å². The summed E-state index contributed by atoms with van der Waals surface area (Å²) < 4.78 is 10.8. The van der Waals surface area contributed by atoms with E-state index in [1.165, 1.54) is 0 Å². The van der Waals surface area contributed by atoms with Crippen molar-refractivity contribution in [2.75, 3.05) is 0 Å². The number of hydrogen-bond donors (Lipinski definition) is 1. The molecule has 0 aliphatic carbocycles. The number of aromatic nitrogens is 1. The maximum atomic E-state index is 5.48. The van der Waals surface area contributed by atoms with Crippen molar-refractivity contribution in [1.29, 1.82) is 0 Å². The third kappa shape index (κ3) is 2.33. The molecule has 0 fully saturated rings. The van der Waals surface area contributed by atoms with E-state index >= 15 is 0 Å². The molecule has 0 bridgehead atoms. The number of hydrogen-bond acceptors (Lipinski definition) is 4. The summed E-state index contributed by atoms with van der Waals surface area (Å²) in [5.41, 5.74) is 0.947. The van der Waals surface area contributed by atoms with E-state index in [0.29, 0.717) is 12.4 Å². The van der Waals surface area contributed by atoms with Gasteiger partial charge in [0, 0.05) is 0 Å². The molecule has 0 aromatic carbocycles. The van der Waals surface area contributed by atoms with Gasteiger partial charge >= 0.3 is 0 Å². The molecule has 0 saturated carbocycles. The van der Waals surface area contributed by atoms with Crippen LogP contribution in [0.3, 0.4) is 0 Å². The second-order valence-corrected chi connectivity index (χ2v) is 3.87. The van der Waals surface area contributed by atoms with Crippen molar-refractivity contribution in [3.63, 3.8) is 0 Å². The van der Waals surface area contributed by atoms with E-state index in [1.807, 2.05) is 32.9 Å². The molecule has 2 rings (SSSR count). The Kier molecular flexibility index (Phi) is 3.10. The highest BCUT2D eigenvalue weighted by atomic mass is 16.4. The smallest absolute Gasteiger partial charge is 0.208 e. The SMILES string of the molecule is Cc1nc(CNC(C)c2ccco2)oc1C. The van der Waals surface area contributed by atoms with Crippen LogP contribution in [0.1, 0.15) is 36.1 Å². The van der Waals surface area contributed by atoms with E-state index in [2.05, 4.69) is 10.3 Å². The number of furan rings is 1. The number of oxazole rings is 1. The van der Waals surface area contributed by atoms with Gasteiger partial charge in [-0.1, -0.05) is 0 Å². The molecule has 0 amide bonds. The van der Waals surface area contributed by atoms with Crippen molar-refractivity contribution in [1.82, 2.24) is 10.3 Å². The molecule has 86 valence electrons. The Morgan fingerprint density at radius 3 is 2.81 bits per heavy atom. The lowest BCUT2D eigenvalue weighted by atomic mass is 10.2. The highest BCUT2D eigenvalue weighted by Crippen LogP contribution is 2.14. The third-order valence-corrected chi connectivity index (χ3v) is 2.60. The van der Waals surface area contributed by atoms with Crippen LogP contribution in [0.2, 0.25) is 0 Å². The standard InChI is InChI=1S/C12H16N2O2/c1-8-10(3)16-12(14-8)7-13-9(2)11-5-4-6-15-11/h4-6,9,13H,7H2,1-3H3. The average Bonchev–Trinajstić information content (AvgIpc) is 2.86. The maximum absolute atomic E-state index is 5.48. The monoisotopic (exact) mass is 220 g/mol. The van der Waals surface area contributed by atoms with Crippen LogP contribution in [-0.2, 0) is 6.54 Å². The van der Waals surface area contributed by atoms with Crippen molar-refractivity contribution in [3.8, 4) is 0 Å². The Labute approximate surface area is 94.7 Å². The molecule has 0 saturated heterocycles. The summed E-state index contributed by atoms with van der Waals surface area (Å²) >= 11 is 0. The molecular weight excluding hydrogens is 204 g/mol. The Bertz CT molecular complexity index is 426. The Morgan fingerprint density at radius 1 is 1.44 bits per heavy atom. The van der Waals surface area contributed by atoms with Crippen LogP contribution >= 0.6 is 0 Å². The minimum absolute atomic E-state index is 0.155. The second-order valence-electron chi connectivity index (χ2n) is 3.87. The van der Waals surface area contributed by atoms with Crippen molar-refractivity contribution in [2.24, 2.45) is 0 Å². The molecule has 16 heavy (non-hydrogen) atoms. The predicted molar refractivity (Wildman–Crippen MR) is 59.9 cm³/mol. The highest BCUT2D eigenvalue weighted by molar-refractivity contribution is 5.06. The van der Waals surface area contributed by atoms with Gasteiger partial charge in [-0.2, -0.15) is 0 Å². The first-order valence-electron chi connectivity index (χ1n) is 5.36. The number of aryl methyl sites for hydroxylation is 2. The van der Waals surface area contributed by atoms with Gasteiger partial charge < -0.3 is 8.83 Å². The van der Waals surface area contributed by atoms with E-state index in [-0.39, 0.29) is 6.04 Å². The fourth-order valence-electron chi connectivity index (χ4n) is 1.49. The molecule has 0 aliphatic heterocycles. The molecule has 0 spiro atoms. The molecule has 2 heterocycles. The molecule has 1 atom stereocenters. The second kappa shape index (κ2) is 4.53. The molecular formula is C12H16N2O2. The van der Waals surface area contributed by atoms with Crippen molar-refractivity contribution < 1.29 is 8.83 Å². The summed E-state index contributed by atoms with van der Waals surface area (Å²) in [4.78, 5) is 4.30. The zero-order valence-electron chi connectivity index (χ0n) is 9.78. The van der Waals surface area contributed by atoms with E-state index < -0.39 is 0 Å². The molecule has 1 unspecified atom stereocenters. The molecule has 1 N–H and O–H groups in total. The lowest BCUT2D eigenvalue weighted by Crippen LogP contribution is -2.17. The number of rotatable bonds is 4. The molecule has 2 aromatic heterocycles. The zero-order valence-corrected chi connectivity index (χ0v) is 9.78. The summed E-state index contributed by atoms with van der Waals surface area (Å²) in [5, 5.41) is 3.29. The summed E-state index contributed by atoms with van der Waals surface area (Å²) in [7, 11) is 0. The largest absolute Gasteiger partial charge is 0.468 e. The Morgan fingerprint density at radius 2 is 2.25 bits per heavy atom.